The molecule has 0 bridgehead atoms. The van der Waals surface area contributed by atoms with Crippen LogP contribution in [0.5, 0.6) is 0 Å². The molecule has 0 aromatic heterocycles. The van der Waals surface area contributed by atoms with Gasteiger partial charge in [0.15, 0.2) is 0 Å². The molecule has 0 fully saturated rings. The van der Waals surface area contributed by atoms with E-state index in [2.05, 4.69) is 0 Å². The van der Waals surface area contributed by atoms with E-state index in [1.165, 1.54) is 19.1 Å². The van der Waals surface area contributed by atoms with Crippen molar-refractivity contribution in [2.75, 3.05) is 0 Å². The van der Waals surface area contributed by atoms with Crippen LogP contribution in [-0.4, -0.2) is 20.0 Å². The van der Waals surface area contributed by atoms with E-state index in [1.54, 1.807) is 20.8 Å². The summed E-state index contributed by atoms with van der Waals surface area (Å²) < 4.78 is 40.9. The summed E-state index contributed by atoms with van der Waals surface area (Å²) in [5, 5.41) is 0. The van der Waals surface area contributed by atoms with E-state index in [0.29, 0.717) is 3.57 Å². The minimum atomic E-state index is -4.87. The lowest BCUT2D eigenvalue weighted by molar-refractivity contribution is 0.00683. The Morgan fingerprint density at radius 1 is 1.32 bits per heavy atom. The second kappa shape index (κ2) is 5.35. The van der Waals surface area contributed by atoms with Crippen molar-refractivity contribution < 1.29 is 21.8 Å². The number of halogens is 2. The molecule has 1 aromatic rings. The van der Waals surface area contributed by atoms with Gasteiger partial charge in [-0.1, -0.05) is 0 Å². The molecule has 0 saturated heterocycles. The minimum absolute atomic E-state index is 0.0529. The van der Waals surface area contributed by atoms with Crippen LogP contribution in [0, 0.1) is 10.5 Å². The quantitative estimate of drug-likeness (QED) is 0.435. The lowest BCUT2D eigenvalue weighted by atomic mass is 10.1. The van der Waals surface area contributed by atoms with Gasteiger partial charge in [-0.15, -0.1) is 3.89 Å². The highest BCUT2D eigenvalue weighted by Gasteiger charge is 2.25. The molecular formula is C12H14FIO4S. The molecule has 0 heterocycles. The van der Waals surface area contributed by atoms with Crippen LogP contribution in [0.1, 0.15) is 36.7 Å². The lowest BCUT2D eigenvalue weighted by Gasteiger charge is -2.20. The van der Waals surface area contributed by atoms with Gasteiger partial charge in [0.2, 0.25) is 0 Å². The van der Waals surface area contributed by atoms with E-state index in [9.17, 15) is 17.1 Å². The fraction of sp³-hybridized carbons (Fsp3) is 0.417. The molecule has 19 heavy (non-hydrogen) atoms. The molecule has 106 valence electrons. The van der Waals surface area contributed by atoms with Gasteiger partial charge in [-0.2, -0.15) is 8.42 Å². The summed E-state index contributed by atoms with van der Waals surface area (Å²) in [5.41, 5.74) is -0.602. The average Bonchev–Trinajstić information content (AvgIpc) is 2.16. The third-order valence-corrected chi connectivity index (χ3v) is 3.78. The van der Waals surface area contributed by atoms with Gasteiger partial charge in [0, 0.05) is 3.57 Å². The smallest absolute Gasteiger partial charge is 0.338 e. The van der Waals surface area contributed by atoms with E-state index in [4.69, 9.17) is 4.74 Å². The van der Waals surface area contributed by atoms with Crippen LogP contribution in [0.3, 0.4) is 0 Å². The Bertz CT molecular complexity index is 617. The Kier molecular flexibility index (Phi) is 4.61. The lowest BCUT2D eigenvalue weighted by Crippen LogP contribution is -2.24. The average molecular weight is 400 g/mol. The summed E-state index contributed by atoms with van der Waals surface area (Å²) in [6.07, 6.45) is 0. The topological polar surface area (TPSA) is 60.4 Å². The SMILES string of the molecule is Cc1c(C(=O)OC(C)(C)C)cc(I)cc1S(=O)(=O)F. The number of benzene rings is 1. The zero-order valence-electron chi connectivity index (χ0n) is 11.0. The Balaban J connectivity index is 3.38. The van der Waals surface area contributed by atoms with Crippen molar-refractivity contribution in [3.05, 3.63) is 26.8 Å². The zero-order valence-corrected chi connectivity index (χ0v) is 13.9. The minimum Gasteiger partial charge on any atom is -0.456 e. The van der Waals surface area contributed by atoms with Crippen LogP contribution in [0.15, 0.2) is 17.0 Å². The number of hydrogen-bond donors (Lipinski definition) is 0. The highest BCUT2D eigenvalue weighted by Crippen LogP contribution is 2.25. The fourth-order valence-corrected chi connectivity index (χ4v) is 3.03. The first-order valence-electron chi connectivity index (χ1n) is 5.40. The summed E-state index contributed by atoms with van der Waals surface area (Å²) in [7, 11) is -4.87. The molecule has 0 spiro atoms. The largest absolute Gasteiger partial charge is 0.456 e. The van der Waals surface area contributed by atoms with Crippen LogP contribution < -0.4 is 0 Å². The Labute approximate surface area is 125 Å². The molecular weight excluding hydrogens is 386 g/mol. The summed E-state index contributed by atoms with van der Waals surface area (Å²) >= 11 is 1.82. The molecule has 0 amide bonds. The molecule has 4 nitrogen and oxygen atoms in total. The van der Waals surface area contributed by atoms with Crippen molar-refractivity contribution in [2.24, 2.45) is 0 Å². The van der Waals surface area contributed by atoms with Crippen LogP contribution in [0.2, 0.25) is 0 Å². The first kappa shape index (κ1) is 16.4. The molecule has 0 radical (unpaired) electrons. The van der Waals surface area contributed by atoms with E-state index in [1.807, 2.05) is 22.6 Å². The van der Waals surface area contributed by atoms with Crippen molar-refractivity contribution in [1.29, 1.82) is 0 Å². The molecule has 0 aliphatic rings. The van der Waals surface area contributed by atoms with E-state index >= 15 is 0 Å². The van der Waals surface area contributed by atoms with E-state index in [0.717, 1.165) is 0 Å². The highest BCUT2D eigenvalue weighted by molar-refractivity contribution is 14.1. The van der Waals surface area contributed by atoms with Gasteiger partial charge in [0.25, 0.3) is 0 Å². The van der Waals surface area contributed by atoms with Crippen LogP contribution in [-0.2, 0) is 15.0 Å². The van der Waals surface area contributed by atoms with Gasteiger partial charge in [0.1, 0.15) is 10.5 Å². The molecule has 0 atom stereocenters. The fourth-order valence-electron chi connectivity index (χ4n) is 1.45. The second-order valence-corrected chi connectivity index (χ2v) is 7.58. The van der Waals surface area contributed by atoms with Gasteiger partial charge in [-0.25, -0.2) is 4.79 Å². The Morgan fingerprint density at radius 2 is 1.84 bits per heavy atom. The summed E-state index contributed by atoms with van der Waals surface area (Å²) in [4.78, 5) is 11.5. The van der Waals surface area contributed by atoms with Crippen molar-refractivity contribution in [1.82, 2.24) is 0 Å². The number of ether oxygens (including phenoxy) is 1. The van der Waals surface area contributed by atoms with Gasteiger partial charge in [0.05, 0.1) is 5.56 Å². The Morgan fingerprint density at radius 3 is 2.26 bits per heavy atom. The predicted molar refractivity (Wildman–Crippen MR) is 77.4 cm³/mol. The molecule has 1 rings (SSSR count). The van der Waals surface area contributed by atoms with Crippen molar-refractivity contribution in [3.63, 3.8) is 0 Å². The second-order valence-electron chi connectivity index (χ2n) is 5.02. The van der Waals surface area contributed by atoms with Gasteiger partial charge >= 0.3 is 16.2 Å². The Hall–Kier alpha value is -0.700. The zero-order chi connectivity index (χ0) is 15.0. The molecule has 0 aliphatic carbocycles. The summed E-state index contributed by atoms with van der Waals surface area (Å²) in [6.45, 7) is 6.46. The monoisotopic (exact) mass is 400 g/mol. The van der Waals surface area contributed by atoms with Crippen LogP contribution >= 0.6 is 22.6 Å². The third-order valence-electron chi connectivity index (χ3n) is 2.21. The maximum atomic E-state index is 13.2. The molecule has 1 aromatic carbocycles. The van der Waals surface area contributed by atoms with Crippen molar-refractivity contribution >= 4 is 38.8 Å². The summed E-state index contributed by atoms with van der Waals surface area (Å²) in [5.74, 6) is -0.673. The standard InChI is InChI=1S/C12H14FIO4S/c1-7-9(11(15)18-12(2,3)4)5-8(14)6-10(7)19(13,16)17/h5-6H,1-4H3. The van der Waals surface area contributed by atoms with E-state index < -0.39 is 26.7 Å². The normalized spacial score (nSPS) is 12.3. The number of esters is 1. The number of carbonyl (C=O) groups is 1. The van der Waals surface area contributed by atoms with Crippen LogP contribution in [0.4, 0.5) is 3.89 Å². The van der Waals surface area contributed by atoms with Gasteiger partial charge in [-0.3, -0.25) is 0 Å². The predicted octanol–water partition coefficient (Wildman–Crippen LogP) is 3.21. The third kappa shape index (κ3) is 4.41. The molecule has 0 N–H and O–H groups in total. The van der Waals surface area contributed by atoms with Gasteiger partial charge in [-0.05, 0) is 68.0 Å². The van der Waals surface area contributed by atoms with Gasteiger partial charge < -0.3 is 4.74 Å². The molecule has 7 heteroatoms. The number of rotatable bonds is 2. The van der Waals surface area contributed by atoms with E-state index in [-0.39, 0.29) is 11.1 Å². The molecule has 0 aliphatic heterocycles. The highest BCUT2D eigenvalue weighted by atomic mass is 127. The number of hydrogen-bond acceptors (Lipinski definition) is 4. The van der Waals surface area contributed by atoms with Crippen molar-refractivity contribution in [2.45, 2.75) is 38.2 Å². The number of carbonyl (C=O) groups excluding carboxylic acids is 1. The molecule has 0 saturated carbocycles. The first-order valence-corrected chi connectivity index (χ1v) is 7.86. The maximum absolute atomic E-state index is 13.2. The maximum Gasteiger partial charge on any atom is 0.338 e. The van der Waals surface area contributed by atoms with Crippen molar-refractivity contribution in [3.8, 4) is 0 Å². The van der Waals surface area contributed by atoms with Crippen LogP contribution in [0.25, 0.3) is 0 Å². The first-order chi connectivity index (χ1) is 8.42. The summed E-state index contributed by atoms with van der Waals surface area (Å²) in [6, 6.07) is 2.65. The molecule has 0 unspecified atom stereocenters.